The van der Waals surface area contributed by atoms with E-state index in [0.29, 0.717) is 12.2 Å². The Balaban J connectivity index is 2.12. The van der Waals surface area contributed by atoms with Crippen LogP contribution in [0.1, 0.15) is 5.82 Å². The van der Waals surface area contributed by atoms with E-state index in [1.54, 1.807) is 0 Å². The average molecular weight is 225 g/mol. The highest BCUT2D eigenvalue weighted by atomic mass is 19.4. The lowest BCUT2D eigenvalue weighted by Gasteiger charge is -2.14. The van der Waals surface area contributed by atoms with Crippen LogP contribution < -0.4 is 5.32 Å². The first-order valence-corrected chi connectivity index (χ1v) is 4.21. The van der Waals surface area contributed by atoms with Gasteiger partial charge in [0.05, 0.1) is 0 Å². The Morgan fingerprint density at radius 1 is 1.53 bits per heavy atom. The molecular formula is C7H10F3N3O2. The second-order valence-electron chi connectivity index (χ2n) is 2.86. The predicted octanol–water partition coefficient (Wildman–Crippen LogP) is 0.125. The average Bonchev–Trinajstić information content (AvgIpc) is 2.63. The van der Waals surface area contributed by atoms with Gasteiger partial charge >= 0.3 is 6.18 Å². The zero-order valence-corrected chi connectivity index (χ0v) is 7.66. The molecule has 0 aliphatic carbocycles. The Hall–Kier alpha value is -1.15. The van der Waals surface area contributed by atoms with Gasteiger partial charge in [0.2, 0.25) is 6.39 Å². The van der Waals surface area contributed by atoms with Gasteiger partial charge in [-0.05, 0) is 0 Å². The first-order chi connectivity index (χ1) is 7.00. The third kappa shape index (κ3) is 4.26. The lowest BCUT2D eigenvalue weighted by Crippen LogP contribution is -2.39. The summed E-state index contributed by atoms with van der Waals surface area (Å²) in [6, 6.07) is 0. The fraction of sp³-hybridized carbons (Fsp3) is 0.714. The van der Waals surface area contributed by atoms with E-state index in [1.165, 1.54) is 0 Å². The standard InChI is InChI=1S/C7H10F3N3O2/c8-7(9,10)5(14)3-11-2-1-6-12-4-15-13-6/h4-5,11,14H,1-3H2. The van der Waals surface area contributed by atoms with Crippen molar-refractivity contribution >= 4 is 0 Å². The minimum Gasteiger partial charge on any atom is -0.382 e. The summed E-state index contributed by atoms with van der Waals surface area (Å²) >= 11 is 0. The van der Waals surface area contributed by atoms with Crippen molar-refractivity contribution in [1.82, 2.24) is 15.5 Å². The monoisotopic (exact) mass is 225 g/mol. The number of aliphatic hydroxyl groups excluding tert-OH is 1. The number of rotatable bonds is 5. The molecule has 0 spiro atoms. The van der Waals surface area contributed by atoms with Crippen molar-refractivity contribution in [2.45, 2.75) is 18.7 Å². The summed E-state index contributed by atoms with van der Waals surface area (Å²) in [7, 11) is 0. The smallest absolute Gasteiger partial charge is 0.382 e. The fourth-order valence-corrected chi connectivity index (χ4v) is 0.857. The summed E-state index contributed by atoms with van der Waals surface area (Å²) in [5.74, 6) is 0.406. The zero-order valence-electron chi connectivity index (χ0n) is 7.66. The molecule has 1 heterocycles. The van der Waals surface area contributed by atoms with Gasteiger partial charge in [-0.25, -0.2) is 0 Å². The summed E-state index contributed by atoms with van der Waals surface area (Å²) in [5.41, 5.74) is 0. The molecule has 1 aromatic rings. The topological polar surface area (TPSA) is 71.2 Å². The second-order valence-corrected chi connectivity index (χ2v) is 2.86. The molecule has 1 rings (SSSR count). The Morgan fingerprint density at radius 3 is 2.80 bits per heavy atom. The van der Waals surface area contributed by atoms with Crippen molar-refractivity contribution in [3.05, 3.63) is 12.2 Å². The SMILES string of the molecule is OC(CNCCc1ncon1)C(F)(F)F. The summed E-state index contributed by atoms with van der Waals surface area (Å²) < 4.78 is 39.9. The third-order valence-electron chi connectivity index (χ3n) is 1.65. The molecule has 8 heteroatoms. The molecule has 1 atom stereocenters. The van der Waals surface area contributed by atoms with Crippen molar-refractivity contribution in [3.8, 4) is 0 Å². The van der Waals surface area contributed by atoms with Crippen molar-refractivity contribution in [2.75, 3.05) is 13.1 Å². The number of alkyl halides is 3. The Morgan fingerprint density at radius 2 is 2.27 bits per heavy atom. The molecule has 0 saturated carbocycles. The van der Waals surface area contributed by atoms with Gasteiger partial charge < -0.3 is 14.9 Å². The molecule has 0 bridgehead atoms. The van der Waals surface area contributed by atoms with Crippen molar-refractivity contribution in [1.29, 1.82) is 0 Å². The predicted molar refractivity (Wildman–Crippen MR) is 42.9 cm³/mol. The van der Waals surface area contributed by atoms with E-state index in [2.05, 4.69) is 20.0 Å². The van der Waals surface area contributed by atoms with E-state index in [0.717, 1.165) is 6.39 Å². The lowest BCUT2D eigenvalue weighted by atomic mass is 10.3. The quantitative estimate of drug-likeness (QED) is 0.697. The van der Waals surface area contributed by atoms with Gasteiger partial charge in [-0.1, -0.05) is 5.16 Å². The van der Waals surface area contributed by atoms with Gasteiger partial charge in [-0.3, -0.25) is 0 Å². The Kier molecular flexibility index (Phi) is 4.04. The summed E-state index contributed by atoms with van der Waals surface area (Å²) in [6.07, 6.45) is -5.44. The van der Waals surface area contributed by atoms with E-state index in [-0.39, 0.29) is 6.54 Å². The van der Waals surface area contributed by atoms with Crippen LogP contribution in [0.2, 0.25) is 0 Å². The maximum absolute atomic E-state index is 11.8. The Labute approximate surface area is 83.3 Å². The highest BCUT2D eigenvalue weighted by molar-refractivity contribution is 4.79. The first kappa shape index (κ1) is 11.9. The van der Waals surface area contributed by atoms with E-state index in [1.807, 2.05) is 0 Å². The molecule has 0 radical (unpaired) electrons. The highest BCUT2D eigenvalue weighted by Gasteiger charge is 2.37. The number of aromatic nitrogens is 2. The summed E-state index contributed by atoms with van der Waals surface area (Å²) in [6.45, 7) is -0.298. The van der Waals surface area contributed by atoms with Crippen LogP contribution in [-0.2, 0) is 6.42 Å². The highest BCUT2D eigenvalue weighted by Crippen LogP contribution is 2.18. The molecule has 0 aliphatic rings. The van der Waals surface area contributed by atoms with E-state index >= 15 is 0 Å². The van der Waals surface area contributed by atoms with Gasteiger partial charge in [0.15, 0.2) is 11.9 Å². The number of hydrogen-bond acceptors (Lipinski definition) is 5. The van der Waals surface area contributed by atoms with Crippen LogP contribution in [0.5, 0.6) is 0 Å². The van der Waals surface area contributed by atoms with Crippen LogP contribution >= 0.6 is 0 Å². The van der Waals surface area contributed by atoms with Crippen molar-refractivity contribution in [2.24, 2.45) is 0 Å². The van der Waals surface area contributed by atoms with Crippen molar-refractivity contribution < 1.29 is 22.8 Å². The number of aliphatic hydroxyl groups is 1. The van der Waals surface area contributed by atoms with Gasteiger partial charge in [0.1, 0.15) is 0 Å². The van der Waals surface area contributed by atoms with Gasteiger partial charge in [0.25, 0.3) is 0 Å². The van der Waals surface area contributed by atoms with Gasteiger partial charge in [-0.15, -0.1) is 0 Å². The minimum atomic E-state index is -4.58. The van der Waals surface area contributed by atoms with Crippen LogP contribution in [0, 0.1) is 0 Å². The number of halogens is 3. The summed E-state index contributed by atoms with van der Waals surface area (Å²) in [5, 5.41) is 14.5. The van der Waals surface area contributed by atoms with E-state index in [9.17, 15) is 13.2 Å². The van der Waals surface area contributed by atoms with Crippen LogP contribution in [0.25, 0.3) is 0 Å². The molecule has 2 N–H and O–H groups in total. The molecule has 0 fully saturated rings. The van der Waals surface area contributed by atoms with E-state index in [4.69, 9.17) is 5.11 Å². The molecule has 0 aliphatic heterocycles. The molecular weight excluding hydrogens is 215 g/mol. The van der Waals surface area contributed by atoms with Gasteiger partial charge in [-0.2, -0.15) is 18.2 Å². The Bertz CT molecular complexity index is 276. The molecule has 15 heavy (non-hydrogen) atoms. The van der Waals surface area contributed by atoms with E-state index < -0.39 is 18.8 Å². The number of nitrogens with one attached hydrogen (secondary N) is 1. The van der Waals surface area contributed by atoms with Crippen LogP contribution in [0.3, 0.4) is 0 Å². The molecule has 1 unspecified atom stereocenters. The first-order valence-electron chi connectivity index (χ1n) is 4.21. The lowest BCUT2D eigenvalue weighted by molar-refractivity contribution is -0.201. The van der Waals surface area contributed by atoms with Crippen LogP contribution in [0.15, 0.2) is 10.9 Å². The van der Waals surface area contributed by atoms with Crippen molar-refractivity contribution in [3.63, 3.8) is 0 Å². The fourth-order valence-electron chi connectivity index (χ4n) is 0.857. The molecule has 0 saturated heterocycles. The van der Waals surface area contributed by atoms with Crippen LogP contribution in [0.4, 0.5) is 13.2 Å². The zero-order chi connectivity index (χ0) is 11.3. The van der Waals surface area contributed by atoms with Gasteiger partial charge in [0, 0.05) is 19.5 Å². The normalized spacial score (nSPS) is 14.1. The molecule has 86 valence electrons. The molecule has 1 aromatic heterocycles. The number of nitrogens with zero attached hydrogens (tertiary/aromatic N) is 2. The largest absolute Gasteiger partial charge is 0.415 e. The van der Waals surface area contributed by atoms with Crippen LogP contribution in [-0.4, -0.2) is 40.6 Å². The summed E-state index contributed by atoms with van der Waals surface area (Å²) in [4.78, 5) is 3.68. The maximum atomic E-state index is 11.8. The molecule has 5 nitrogen and oxygen atoms in total. The number of hydrogen-bond donors (Lipinski definition) is 2. The molecule has 0 amide bonds. The second kappa shape index (κ2) is 5.08. The molecule has 0 aromatic carbocycles. The minimum absolute atomic E-state index is 0.243. The third-order valence-corrected chi connectivity index (χ3v) is 1.65. The maximum Gasteiger partial charge on any atom is 0.415 e.